The fraction of sp³-hybridized carbons (Fsp3) is 0.706. The van der Waals surface area contributed by atoms with Gasteiger partial charge in [-0.25, -0.2) is 4.79 Å². The highest BCUT2D eigenvalue weighted by Gasteiger charge is 2.53. The Kier molecular flexibility index (Phi) is 7.00. The number of hydrogen-bond acceptors (Lipinski definition) is 9. The van der Waals surface area contributed by atoms with E-state index in [1.54, 1.807) is 27.7 Å². The minimum atomic E-state index is -1.33. The molecule has 1 fully saturated rings. The molecule has 156 valence electrons. The average molecular weight is 417 g/mol. The molecule has 3 atom stereocenters. The van der Waals surface area contributed by atoms with Crippen LogP contribution in [0, 0.1) is 11.8 Å². The number of esters is 2. The van der Waals surface area contributed by atoms with E-state index in [2.05, 4.69) is 10.1 Å². The van der Waals surface area contributed by atoms with E-state index in [1.807, 2.05) is 0 Å². The molecule has 0 radical (unpaired) electrons. The lowest BCUT2D eigenvalue weighted by Gasteiger charge is -2.32. The van der Waals surface area contributed by atoms with E-state index in [0.717, 1.165) is 4.68 Å². The molecule has 2 N–H and O–H groups in total. The van der Waals surface area contributed by atoms with Crippen LogP contribution in [0.3, 0.4) is 0 Å². The van der Waals surface area contributed by atoms with Gasteiger partial charge in [-0.2, -0.15) is 14.8 Å². The van der Waals surface area contributed by atoms with Crippen LogP contribution in [0.1, 0.15) is 40.3 Å². The highest BCUT2D eigenvalue weighted by atomic mass is 35.5. The largest absolute Gasteiger partial charge is 0.462 e. The Morgan fingerprint density at radius 1 is 1.36 bits per heavy atom. The molecule has 0 amide bonds. The van der Waals surface area contributed by atoms with Gasteiger partial charge in [0.1, 0.15) is 18.5 Å². The van der Waals surface area contributed by atoms with Crippen LogP contribution in [0.4, 0.5) is 5.82 Å². The lowest BCUT2D eigenvalue weighted by Crippen LogP contribution is -2.49. The molecule has 0 aliphatic carbocycles. The molecule has 0 bridgehead atoms. The molecule has 11 heteroatoms. The highest BCUT2D eigenvalue weighted by molar-refractivity contribution is 6.18. The second kappa shape index (κ2) is 8.87. The van der Waals surface area contributed by atoms with Crippen LogP contribution in [0.25, 0.3) is 0 Å². The van der Waals surface area contributed by atoms with Crippen molar-refractivity contribution in [3.63, 3.8) is 0 Å². The van der Waals surface area contributed by atoms with Crippen molar-refractivity contribution in [1.82, 2.24) is 14.8 Å². The average Bonchev–Trinajstić information content (AvgIpc) is 2.97. The SMILES string of the molecule is CC(C)C(=O)OC[C@@]1(CCl)OC(n2ncc(N)nc2=O)C[C@@H]1OC(=O)C(C)C. The third kappa shape index (κ3) is 4.79. The Hall–Kier alpha value is -2.20. The number of rotatable bonds is 7. The number of hydrogen-bond donors (Lipinski definition) is 1. The molecule has 10 nitrogen and oxygen atoms in total. The summed E-state index contributed by atoms with van der Waals surface area (Å²) >= 11 is 6.15. The molecule has 2 heterocycles. The van der Waals surface area contributed by atoms with Crippen molar-refractivity contribution in [1.29, 1.82) is 0 Å². The lowest BCUT2D eigenvalue weighted by atomic mass is 9.99. The number of nitrogens with two attached hydrogens (primary N) is 1. The maximum atomic E-state index is 12.2. The number of carbonyl (C=O) groups is 2. The second-order valence-corrected chi connectivity index (χ2v) is 7.52. The monoisotopic (exact) mass is 416 g/mol. The Bertz CT molecular complexity index is 783. The van der Waals surface area contributed by atoms with Crippen LogP contribution in [0.15, 0.2) is 11.0 Å². The van der Waals surface area contributed by atoms with Gasteiger partial charge >= 0.3 is 17.6 Å². The quantitative estimate of drug-likeness (QED) is 0.507. The van der Waals surface area contributed by atoms with Gasteiger partial charge in [0, 0.05) is 6.42 Å². The van der Waals surface area contributed by atoms with Crippen molar-refractivity contribution in [3.05, 3.63) is 16.7 Å². The predicted octanol–water partition coefficient (Wildman–Crippen LogP) is 0.884. The van der Waals surface area contributed by atoms with Gasteiger partial charge in [0.05, 0.1) is 23.9 Å². The maximum absolute atomic E-state index is 12.2. The maximum Gasteiger partial charge on any atom is 0.368 e. The third-order valence-corrected chi connectivity index (χ3v) is 4.72. The molecule has 1 aliphatic heterocycles. The van der Waals surface area contributed by atoms with E-state index in [-0.39, 0.29) is 36.6 Å². The lowest BCUT2D eigenvalue weighted by molar-refractivity contribution is -0.177. The van der Waals surface area contributed by atoms with Gasteiger partial charge in [-0.15, -0.1) is 11.6 Å². The summed E-state index contributed by atoms with van der Waals surface area (Å²) < 4.78 is 17.8. The first-order chi connectivity index (χ1) is 13.1. The topological polar surface area (TPSA) is 136 Å². The van der Waals surface area contributed by atoms with E-state index in [4.69, 9.17) is 31.5 Å². The van der Waals surface area contributed by atoms with Gasteiger partial charge in [0.15, 0.2) is 11.8 Å². The van der Waals surface area contributed by atoms with Crippen LogP contribution in [-0.2, 0) is 23.8 Å². The number of halogens is 1. The summed E-state index contributed by atoms with van der Waals surface area (Å²) in [6, 6.07) is 0. The fourth-order valence-corrected chi connectivity index (χ4v) is 2.89. The zero-order valence-electron chi connectivity index (χ0n) is 16.3. The van der Waals surface area contributed by atoms with E-state index >= 15 is 0 Å². The van der Waals surface area contributed by atoms with E-state index in [9.17, 15) is 14.4 Å². The molecular weight excluding hydrogens is 392 g/mol. The first kappa shape index (κ1) is 22.1. The highest BCUT2D eigenvalue weighted by Crippen LogP contribution is 2.39. The number of carbonyl (C=O) groups excluding carboxylic acids is 2. The summed E-state index contributed by atoms with van der Waals surface area (Å²) in [5.74, 6) is -1.82. The number of aromatic nitrogens is 3. The van der Waals surface area contributed by atoms with E-state index in [0.29, 0.717) is 0 Å². The van der Waals surface area contributed by atoms with Crippen molar-refractivity contribution >= 4 is 29.4 Å². The number of anilines is 1. The number of ether oxygens (including phenoxy) is 3. The smallest absolute Gasteiger partial charge is 0.368 e. The Labute approximate surface area is 167 Å². The standard InChI is InChI=1S/C17H25ClN4O6/c1-9(2)14(23)26-8-17(7-18)11(27-15(24)10(3)4)5-13(28-17)22-16(25)21-12(19)6-20-22/h6,9-11,13H,5,7-8H2,1-4H3,(H2,19,21,25)/t11-,13?,17+/m0/s1. The minimum Gasteiger partial charge on any atom is -0.462 e. The Morgan fingerprint density at radius 3 is 2.54 bits per heavy atom. The van der Waals surface area contributed by atoms with Crippen LogP contribution in [0.2, 0.25) is 0 Å². The van der Waals surface area contributed by atoms with Crippen LogP contribution >= 0.6 is 11.6 Å². The van der Waals surface area contributed by atoms with Crippen molar-refractivity contribution < 1.29 is 23.8 Å². The number of nitrogen functional groups attached to an aromatic ring is 1. The zero-order valence-corrected chi connectivity index (χ0v) is 17.0. The van der Waals surface area contributed by atoms with Gasteiger partial charge in [-0.1, -0.05) is 27.7 Å². The molecule has 2 rings (SSSR count). The molecular formula is C17H25ClN4O6. The van der Waals surface area contributed by atoms with Crippen molar-refractivity contribution in [2.45, 2.75) is 52.0 Å². The van der Waals surface area contributed by atoms with Crippen molar-refractivity contribution in [3.8, 4) is 0 Å². The van der Waals surface area contributed by atoms with Crippen LogP contribution < -0.4 is 11.4 Å². The van der Waals surface area contributed by atoms with Gasteiger partial charge in [0.2, 0.25) is 0 Å². The molecule has 1 aromatic heterocycles. The Morgan fingerprint density at radius 2 is 2.00 bits per heavy atom. The normalized spacial score (nSPS) is 24.5. The van der Waals surface area contributed by atoms with Crippen molar-refractivity contribution in [2.24, 2.45) is 11.8 Å². The number of alkyl halides is 1. The molecule has 1 saturated heterocycles. The first-order valence-corrected chi connectivity index (χ1v) is 9.45. The van der Waals surface area contributed by atoms with Gasteiger partial charge in [-0.3, -0.25) is 9.59 Å². The molecule has 0 spiro atoms. The predicted molar refractivity (Wildman–Crippen MR) is 99.4 cm³/mol. The molecule has 1 aromatic rings. The minimum absolute atomic E-state index is 0.0310. The van der Waals surface area contributed by atoms with Crippen molar-refractivity contribution in [2.75, 3.05) is 18.2 Å². The van der Waals surface area contributed by atoms with Gasteiger partial charge in [0.25, 0.3) is 0 Å². The fourth-order valence-electron chi connectivity index (χ4n) is 2.58. The van der Waals surface area contributed by atoms with Gasteiger partial charge in [-0.05, 0) is 0 Å². The van der Waals surface area contributed by atoms with Gasteiger partial charge < -0.3 is 19.9 Å². The third-order valence-electron chi connectivity index (χ3n) is 4.27. The zero-order chi connectivity index (χ0) is 21.1. The molecule has 0 saturated carbocycles. The van der Waals surface area contributed by atoms with Crippen LogP contribution in [0.5, 0.6) is 0 Å². The number of nitrogens with zero attached hydrogens (tertiary/aromatic N) is 3. The summed E-state index contributed by atoms with van der Waals surface area (Å²) in [6.07, 6.45) is -0.472. The summed E-state index contributed by atoms with van der Waals surface area (Å²) in [4.78, 5) is 39.8. The van der Waals surface area contributed by atoms with E-state index < -0.39 is 35.6 Å². The summed E-state index contributed by atoms with van der Waals surface area (Å²) in [5, 5.41) is 3.93. The molecule has 28 heavy (non-hydrogen) atoms. The second-order valence-electron chi connectivity index (χ2n) is 7.26. The molecule has 1 unspecified atom stereocenters. The molecule has 1 aliphatic rings. The Balaban J connectivity index is 2.32. The van der Waals surface area contributed by atoms with Crippen LogP contribution in [-0.4, -0.2) is 50.9 Å². The molecule has 0 aromatic carbocycles. The summed E-state index contributed by atoms with van der Waals surface area (Å²) in [7, 11) is 0. The summed E-state index contributed by atoms with van der Waals surface area (Å²) in [6.45, 7) is 6.51. The first-order valence-electron chi connectivity index (χ1n) is 8.92. The summed E-state index contributed by atoms with van der Waals surface area (Å²) in [5.41, 5.74) is 3.42. The van der Waals surface area contributed by atoms with E-state index in [1.165, 1.54) is 6.20 Å².